The van der Waals surface area contributed by atoms with Crippen LogP contribution in [0.4, 0.5) is 0 Å². The first-order chi connectivity index (χ1) is 5.10. The monoisotopic (exact) mass is 168 g/mol. The van der Waals surface area contributed by atoms with E-state index >= 15 is 0 Å². The summed E-state index contributed by atoms with van der Waals surface area (Å²) in [5.74, 6) is -0.318. The molecular formula is C9H21BN2. The molecule has 0 aromatic rings. The van der Waals surface area contributed by atoms with Gasteiger partial charge in [0.1, 0.15) is 0 Å². The number of nitrogens with zero attached hydrogens (tertiary/aromatic N) is 1. The molecule has 2 radical (unpaired) electrons. The van der Waals surface area contributed by atoms with Crippen molar-refractivity contribution in [2.75, 3.05) is 7.05 Å². The van der Waals surface area contributed by atoms with Crippen LogP contribution in [0.3, 0.4) is 0 Å². The lowest BCUT2D eigenvalue weighted by atomic mass is 9.78. The second-order valence-electron chi connectivity index (χ2n) is 4.91. The van der Waals surface area contributed by atoms with Crippen LogP contribution >= 0.6 is 0 Å². The molecule has 2 N–H and O–H groups in total. The largest absolute Gasteiger partial charge is 0.334 e. The van der Waals surface area contributed by atoms with Crippen LogP contribution in [0.1, 0.15) is 34.6 Å². The van der Waals surface area contributed by atoms with E-state index in [0.29, 0.717) is 0 Å². The highest BCUT2D eigenvalue weighted by Crippen LogP contribution is 2.23. The van der Waals surface area contributed by atoms with E-state index in [1.54, 1.807) is 0 Å². The Morgan fingerprint density at radius 3 is 1.58 bits per heavy atom. The maximum Gasteiger partial charge on any atom is 0.0928 e. The van der Waals surface area contributed by atoms with Gasteiger partial charge in [-0.2, -0.15) is 0 Å². The zero-order chi connectivity index (χ0) is 10.2. The molecule has 0 aliphatic heterocycles. The van der Waals surface area contributed by atoms with Gasteiger partial charge in [0.2, 0.25) is 0 Å². The van der Waals surface area contributed by atoms with Gasteiger partial charge in [-0.05, 0) is 47.6 Å². The van der Waals surface area contributed by atoms with Gasteiger partial charge in [0, 0.05) is 11.1 Å². The maximum absolute atomic E-state index is 5.70. The van der Waals surface area contributed by atoms with Gasteiger partial charge in [-0.25, -0.2) is 0 Å². The lowest BCUT2D eigenvalue weighted by Crippen LogP contribution is -2.60. The van der Waals surface area contributed by atoms with E-state index in [9.17, 15) is 0 Å². The summed E-state index contributed by atoms with van der Waals surface area (Å²) in [4.78, 5) is 2.20. The van der Waals surface area contributed by atoms with Crippen molar-refractivity contribution < 1.29 is 0 Å². The Bertz CT molecular complexity index is 147. The third-order valence-corrected chi connectivity index (χ3v) is 2.69. The fourth-order valence-electron chi connectivity index (χ4n) is 1.09. The third-order valence-electron chi connectivity index (χ3n) is 2.69. The second-order valence-corrected chi connectivity index (χ2v) is 4.91. The normalized spacial score (nSPS) is 16.7. The van der Waals surface area contributed by atoms with Crippen molar-refractivity contribution in [3.8, 4) is 0 Å². The lowest BCUT2D eigenvalue weighted by molar-refractivity contribution is 0.0545. The molecule has 0 bridgehead atoms. The highest BCUT2D eigenvalue weighted by molar-refractivity contribution is 6.12. The predicted octanol–water partition coefficient (Wildman–Crippen LogP) is 0.949. The van der Waals surface area contributed by atoms with Gasteiger partial charge in [0.25, 0.3) is 0 Å². The Labute approximate surface area is 77.9 Å². The maximum atomic E-state index is 5.70. The Morgan fingerprint density at radius 1 is 1.17 bits per heavy atom. The quantitative estimate of drug-likeness (QED) is 0.622. The molecule has 0 aliphatic rings. The van der Waals surface area contributed by atoms with Crippen molar-refractivity contribution in [3.63, 3.8) is 0 Å². The van der Waals surface area contributed by atoms with Crippen molar-refractivity contribution in [1.29, 1.82) is 0 Å². The second kappa shape index (κ2) is 3.39. The predicted molar refractivity (Wildman–Crippen MR) is 55.3 cm³/mol. The van der Waals surface area contributed by atoms with E-state index in [-0.39, 0.29) is 17.0 Å². The summed E-state index contributed by atoms with van der Waals surface area (Å²) in [6.07, 6.45) is 0. The van der Waals surface area contributed by atoms with E-state index in [0.717, 1.165) is 0 Å². The fraction of sp³-hybridized carbons (Fsp3) is 1.00. The van der Waals surface area contributed by atoms with Crippen molar-refractivity contribution in [2.45, 2.75) is 51.6 Å². The molecule has 3 heteroatoms. The molecule has 0 rings (SSSR count). The van der Waals surface area contributed by atoms with Crippen LogP contribution in [0.5, 0.6) is 0 Å². The molecule has 0 aromatic heterocycles. The first kappa shape index (κ1) is 12.0. The molecule has 0 amide bonds. The van der Waals surface area contributed by atoms with Crippen LogP contribution in [-0.4, -0.2) is 36.8 Å². The minimum Gasteiger partial charge on any atom is -0.334 e. The molecular weight excluding hydrogens is 147 g/mol. The number of rotatable bonds is 2. The Balaban J connectivity index is 4.57. The van der Waals surface area contributed by atoms with E-state index < -0.39 is 0 Å². The van der Waals surface area contributed by atoms with Gasteiger partial charge in [0.15, 0.2) is 0 Å². The van der Waals surface area contributed by atoms with Crippen LogP contribution < -0.4 is 5.73 Å². The molecule has 0 saturated heterocycles. The Kier molecular flexibility index (Phi) is 3.38. The van der Waals surface area contributed by atoms with Crippen LogP contribution in [-0.2, 0) is 0 Å². The van der Waals surface area contributed by atoms with Gasteiger partial charge in [-0.15, -0.1) is 0 Å². The summed E-state index contributed by atoms with van der Waals surface area (Å²) in [5, 5.41) is 0. The molecule has 0 saturated carbocycles. The van der Waals surface area contributed by atoms with Gasteiger partial charge in [-0.3, -0.25) is 4.90 Å². The van der Waals surface area contributed by atoms with Gasteiger partial charge >= 0.3 is 0 Å². The van der Waals surface area contributed by atoms with Crippen LogP contribution in [0.15, 0.2) is 0 Å². The number of likely N-dealkylation sites (N-methyl/N-ethyl adjacent to an activating group) is 1. The topological polar surface area (TPSA) is 29.3 Å². The minimum atomic E-state index is -0.318. The molecule has 0 aliphatic carbocycles. The summed E-state index contributed by atoms with van der Waals surface area (Å²) >= 11 is 0. The van der Waals surface area contributed by atoms with E-state index in [1.807, 2.05) is 7.05 Å². The van der Waals surface area contributed by atoms with Crippen LogP contribution in [0.2, 0.25) is 0 Å². The summed E-state index contributed by atoms with van der Waals surface area (Å²) < 4.78 is 0. The Morgan fingerprint density at radius 2 is 1.50 bits per heavy atom. The first-order valence-electron chi connectivity index (χ1n) is 4.35. The molecule has 0 fully saturated rings. The van der Waals surface area contributed by atoms with Crippen molar-refractivity contribution in [2.24, 2.45) is 5.73 Å². The zero-order valence-electron chi connectivity index (χ0n) is 9.18. The van der Waals surface area contributed by atoms with Gasteiger partial charge in [-0.1, -0.05) is 0 Å². The van der Waals surface area contributed by atoms with E-state index in [1.165, 1.54) is 0 Å². The van der Waals surface area contributed by atoms with Crippen molar-refractivity contribution >= 4 is 7.85 Å². The van der Waals surface area contributed by atoms with Gasteiger partial charge < -0.3 is 5.73 Å². The van der Waals surface area contributed by atoms with Crippen LogP contribution in [0.25, 0.3) is 0 Å². The highest BCUT2D eigenvalue weighted by Gasteiger charge is 2.33. The summed E-state index contributed by atoms with van der Waals surface area (Å²) in [6.45, 7) is 10.6. The smallest absolute Gasteiger partial charge is 0.0928 e. The van der Waals surface area contributed by atoms with Gasteiger partial charge in [0.05, 0.1) is 7.85 Å². The third kappa shape index (κ3) is 2.49. The fourth-order valence-corrected chi connectivity index (χ4v) is 1.09. The molecule has 0 aromatic carbocycles. The standard InChI is InChI=1S/C9H21BN2/c1-8(2,3)12(6)9(4,5)7(10)11/h7H,11H2,1-6H3. The number of hydrogen-bond donors (Lipinski definition) is 1. The molecule has 12 heavy (non-hydrogen) atoms. The lowest BCUT2D eigenvalue weighted by Gasteiger charge is -2.47. The number of nitrogens with two attached hydrogens (primary N) is 1. The SMILES string of the molecule is [B]C(N)C(C)(C)N(C)C(C)(C)C. The van der Waals surface area contributed by atoms with Crippen molar-refractivity contribution in [3.05, 3.63) is 0 Å². The van der Waals surface area contributed by atoms with E-state index in [2.05, 4.69) is 39.5 Å². The molecule has 1 unspecified atom stereocenters. The van der Waals surface area contributed by atoms with Crippen LogP contribution in [0, 0.1) is 0 Å². The summed E-state index contributed by atoms with van der Waals surface area (Å²) in [6, 6.07) is 0. The highest BCUT2D eigenvalue weighted by atomic mass is 15.2. The number of hydrogen-bond acceptors (Lipinski definition) is 2. The van der Waals surface area contributed by atoms with Crippen molar-refractivity contribution in [1.82, 2.24) is 4.90 Å². The summed E-state index contributed by atoms with van der Waals surface area (Å²) in [7, 11) is 7.75. The average Bonchev–Trinajstić information content (AvgIpc) is 1.83. The Hall–Kier alpha value is -0.0151. The molecule has 0 spiro atoms. The zero-order valence-corrected chi connectivity index (χ0v) is 9.18. The molecule has 0 heterocycles. The van der Waals surface area contributed by atoms with E-state index in [4.69, 9.17) is 13.6 Å². The molecule has 1 atom stereocenters. The average molecular weight is 168 g/mol. The first-order valence-corrected chi connectivity index (χ1v) is 4.35. The molecule has 70 valence electrons. The molecule has 2 nitrogen and oxygen atoms in total. The minimum absolute atomic E-state index is 0.0977. The summed E-state index contributed by atoms with van der Waals surface area (Å²) in [5.41, 5.74) is 5.63.